The van der Waals surface area contributed by atoms with Gasteiger partial charge in [0, 0.05) is 42.8 Å². The maximum Gasteiger partial charge on any atom is 0.318 e. The van der Waals surface area contributed by atoms with Crippen LogP contribution in [0.4, 0.5) is 11.5 Å². The van der Waals surface area contributed by atoms with E-state index >= 15 is 0 Å². The Bertz CT molecular complexity index is 1310. The number of anilines is 2. The van der Waals surface area contributed by atoms with Crippen molar-refractivity contribution in [2.75, 3.05) is 43.1 Å². The number of benzene rings is 2. The van der Waals surface area contributed by atoms with Gasteiger partial charge < -0.3 is 19.4 Å². The van der Waals surface area contributed by atoms with E-state index in [2.05, 4.69) is 64.9 Å². The van der Waals surface area contributed by atoms with Crippen LogP contribution >= 0.6 is 0 Å². The highest BCUT2D eigenvalue weighted by Gasteiger charge is 2.33. The number of methoxy groups -OCH3 is 1. The fraction of sp³-hybridized carbons (Fsp3) is 0.333. The molecule has 8 nitrogen and oxygen atoms in total. The number of piperazine rings is 1. The zero-order chi connectivity index (χ0) is 24.4. The Morgan fingerprint density at radius 1 is 1.17 bits per heavy atom. The van der Waals surface area contributed by atoms with Crippen LogP contribution in [0, 0.1) is 11.3 Å². The minimum absolute atomic E-state index is 0.141. The number of fused-ring (bicyclic) bond motifs is 2. The number of rotatable bonds is 5. The van der Waals surface area contributed by atoms with E-state index in [-0.39, 0.29) is 18.4 Å². The predicted octanol–water partition coefficient (Wildman–Crippen LogP) is 3.32. The molecule has 3 aromatic rings. The van der Waals surface area contributed by atoms with Crippen LogP contribution in [0.3, 0.4) is 0 Å². The summed E-state index contributed by atoms with van der Waals surface area (Å²) in [7, 11) is 1.58. The fourth-order valence-corrected chi connectivity index (χ4v) is 5.17. The second-order valence-electron chi connectivity index (χ2n) is 8.83. The van der Waals surface area contributed by atoms with Crippen LogP contribution in [0.5, 0.6) is 6.01 Å². The number of hydrogen-bond donors (Lipinski definition) is 0. The smallest absolute Gasteiger partial charge is 0.318 e. The van der Waals surface area contributed by atoms with E-state index in [1.54, 1.807) is 12.0 Å². The monoisotopic (exact) mass is 468 g/mol. The molecule has 8 heteroatoms. The largest absolute Gasteiger partial charge is 0.467 e. The summed E-state index contributed by atoms with van der Waals surface area (Å²) in [5.41, 5.74) is 3.26. The number of carbonyl (C=O) groups is 1. The Balaban J connectivity index is 1.47. The first kappa shape index (κ1) is 22.7. The van der Waals surface area contributed by atoms with Gasteiger partial charge in [-0.3, -0.25) is 4.79 Å². The van der Waals surface area contributed by atoms with Crippen molar-refractivity contribution in [3.8, 4) is 12.1 Å². The lowest BCUT2D eigenvalue weighted by Gasteiger charge is -2.42. The molecule has 1 saturated heterocycles. The summed E-state index contributed by atoms with van der Waals surface area (Å²) >= 11 is 0. The summed E-state index contributed by atoms with van der Waals surface area (Å²) in [5.74, 6) is 0.705. The summed E-state index contributed by atoms with van der Waals surface area (Å²) in [6.45, 7) is 6.79. The minimum atomic E-state index is -0.216. The number of ether oxygens (including phenoxy) is 1. The topological polar surface area (TPSA) is 85.6 Å². The lowest BCUT2D eigenvalue weighted by atomic mass is 10.0. The molecule has 0 unspecified atom stereocenters. The highest BCUT2D eigenvalue weighted by atomic mass is 16.5. The molecule has 0 aliphatic carbocycles. The normalized spacial score (nSPS) is 17.6. The van der Waals surface area contributed by atoms with E-state index in [1.807, 2.05) is 0 Å². The molecule has 1 aromatic heterocycles. The second kappa shape index (κ2) is 9.63. The zero-order valence-corrected chi connectivity index (χ0v) is 19.9. The van der Waals surface area contributed by atoms with Crippen molar-refractivity contribution < 1.29 is 9.53 Å². The van der Waals surface area contributed by atoms with Crippen LogP contribution in [0.1, 0.15) is 17.7 Å². The molecule has 5 rings (SSSR count). The van der Waals surface area contributed by atoms with Gasteiger partial charge in [0.2, 0.25) is 5.91 Å². The standard InChI is InChI=1S/C27H28N6O2/c1-3-25(34)33-16-15-32(17-20(33)11-13-28)26-22-12-14-31(18-23(22)29-27(30-26)35-2)24-10-6-8-19-7-4-5-9-21(19)24/h3-10,20H,1,11-12,14-18H2,2H3/t20-/m0/s1. The summed E-state index contributed by atoms with van der Waals surface area (Å²) in [6, 6.07) is 17.2. The van der Waals surface area contributed by atoms with E-state index in [0.29, 0.717) is 32.2 Å². The lowest BCUT2D eigenvalue weighted by molar-refractivity contribution is -0.128. The molecule has 1 fully saturated rings. The van der Waals surface area contributed by atoms with E-state index in [0.717, 1.165) is 30.0 Å². The first-order chi connectivity index (χ1) is 17.1. The van der Waals surface area contributed by atoms with E-state index < -0.39 is 0 Å². The van der Waals surface area contributed by atoms with Crippen molar-refractivity contribution in [1.82, 2.24) is 14.9 Å². The Labute approximate surface area is 205 Å². The van der Waals surface area contributed by atoms with Gasteiger partial charge in [-0.05, 0) is 23.9 Å². The number of aromatic nitrogens is 2. The maximum absolute atomic E-state index is 12.3. The number of carbonyl (C=O) groups excluding carboxylic acids is 1. The van der Waals surface area contributed by atoms with Gasteiger partial charge in [0.15, 0.2) is 0 Å². The summed E-state index contributed by atoms with van der Waals surface area (Å²) in [4.78, 5) is 28.0. The summed E-state index contributed by atoms with van der Waals surface area (Å²) < 4.78 is 5.48. The van der Waals surface area contributed by atoms with Crippen molar-refractivity contribution in [3.63, 3.8) is 0 Å². The Morgan fingerprint density at radius 2 is 2.00 bits per heavy atom. The predicted molar refractivity (Wildman–Crippen MR) is 135 cm³/mol. The number of hydrogen-bond acceptors (Lipinski definition) is 7. The molecule has 3 heterocycles. The van der Waals surface area contributed by atoms with Gasteiger partial charge in [0.05, 0.1) is 37.9 Å². The van der Waals surface area contributed by atoms with Crippen LogP contribution in [0.15, 0.2) is 55.1 Å². The molecule has 2 aliphatic rings. The van der Waals surface area contributed by atoms with Gasteiger partial charge in [-0.1, -0.05) is 43.0 Å². The average molecular weight is 469 g/mol. The van der Waals surface area contributed by atoms with E-state index in [9.17, 15) is 10.1 Å². The van der Waals surface area contributed by atoms with Crippen LogP contribution in [-0.2, 0) is 17.8 Å². The second-order valence-corrected chi connectivity index (χ2v) is 8.83. The molecule has 35 heavy (non-hydrogen) atoms. The zero-order valence-electron chi connectivity index (χ0n) is 19.9. The van der Waals surface area contributed by atoms with Crippen molar-refractivity contribution in [2.24, 2.45) is 0 Å². The van der Waals surface area contributed by atoms with Crippen LogP contribution in [0.25, 0.3) is 10.8 Å². The van der Waals surface area contributed by atoms with Crippen molar-refractivity contribution in [2.45, 2.75) is 25.4 Å². The molecule has 1 amide bonds. The third-order valence-corrected chi connectivity index (χ3v) is 6.88. The quantitative estimate of drug-likeness (QED) is 0.531. The maximum atomic E-state index is 12.3. The summed E-state index contributed by atoms with van der Waals surface area (Å²) in [5, 5.41) is 11.8. The highest BCUT2D eigenvalue weighted by Crippen LogP contribution is 2.34. The van der Waals surface area contributed by atoms with Gasteiger partial charge in [-0.25, -0.2) is 0 Å². The number of nitriles is 1. The van der Waals surface area contributed by atoms with E-state index in [4.69, 9.17) is 14.7 Å². The van der Waals surface area contributed by atoms with Crippen molar-refractivity contribution in [3.05, 3.63) is 66.4 Å². The molecular formula is C27H28N6O2. The Morgan fingerprint density at radius 3 is 2.80 bits per heavy atom. The third-order valence-electron chi connectivity index (χ3n) is 6.88. The first-order valence-electron chi connectivity index (χ1n) is 11.8. The van der Waals surface area contributed by atoms with Crippen molar-refractivity contribution in [1.29, 1.82) is 5.26 Å². The molecule has 178 valence electrons. The minimum Gasteiger partial charge on any atom is -0.467 e. The lowest BCUT2D eigenvalue weighted by Crippen LogP contribution is -2.55. The number of amides is 1. The van der Waals surface area contributed by atoms with Crippen molar-refractivity contribution >= 4 is 28.2 Å². The summed E-state index contributed by atoms with van der Waals surface area (Å²) in [6.07, 6.45) is 2.37. The highest BCUT2D eigenvalue weighted by molar-refractivity contribution is 5.94. The molecule has 2 aliphatic heterocycles. The van der Waals surface area contributed by atoms with Gasteiger partial charge >= 0.3 is 6.01 Å². The average Bonchev–Trinajstić information content (AvgIpc) is 2.91. The fourth-order valence-electron chi connectivity index (χ4n) is 5.17. The molecule has 2 aromatic carbocycles. The molecule has 0 spiro atoms. The van der Waals surface area contributed by atoms with Gasteiger partial charge in [0.25, 0.3) is 0 Å². The van der Waals surface area contributed by atoms with Crippen LogP contribution in [0.2, 0.25) is 0 Å². The Kier molecular flexibility index (Phi) is 6.23. The van der Waals surface area contributed by atoms with Gasteiger partial charge in [-0.15, -0.1) is 0 Å². The molecule has 0 N–H and O–H groups in total. The molecular weight excluding hydrogens is 440 g/mol. The van der Waals surface area contributed by atoms with Crippen LogP contribution < -0.4 is 14.5 Å². The Hall–Kier alpha value is -4.12. The van der Waals surface area contributed by atoms with Crippen LogP contribution in [-0.4, -0.2) is 60.1 Å². The molecule has 0 saturated carbocycles. The molecule has 0 bridgehead atoms. The van der Waals surface area contributed by atoms with Gasteiger partial charge in [0.1, 0.15) is 5.82 Å². The van der Waals surface area contributed by atoms with E-state index in [1.165, 1.54) is 22.5 Å². The third kappa shape index (κ3) is 4.26. The first-order valence-corrected chi connectivity index (χ1v) is 11.8. The van der Waals surface area contributed by atoms with Gasteiger partial charge in [-0.2, -0.15) is 15.2 Å². The molecule has 0 radical (unpaired) electrons. The SMILES string of the molecule is C=CC(=O)N1CCN(c2nc(OC)nc3c2CCN(c2cccc4ccccc24)C3)C[C@@H]1CC#N. The number of nitrogens with zero attached hydrogens (tertiary/aromatic N) is 6. The molecule has 1 atom stereocenters.